The van der Waals surface area contributed by atoms with Crippen LogP contribution in [0, 0.1) is 6.92 Å². The van der Waals surface area contributed by atoms with Gasteiger partial charge in [0.2, 0.25) is 0 Å². The fourth-order valence-corrected chi connectivity index (χ4v) is 2.44. The molecule has 1 N–H and O–H groups in total. The summed E-state index contributed by atoms with van der Waals surface area (Å²) in [5.74, 6) is 1.81. The van der Waals surface area contributed by atoms with Gasteiger partial charge in [0, 0.05) is 12.7 Å². The molecule has 0 saturated heterocycles. The molecule has 24 heavy (non-hydrogen) atoms. The van der Waals surface area contributed by atoms with Gasteiger partial charge in [-0.05, 0) is 48.7 Å². The molecule has 0 amide bonds. The van der Waals surface area contributed by atoms with Crippen molar-refractivity contribution in [3.63, 3.8) is 0 Å². The van der Waals surface area contributed by atoms with Crippen molar-refractivity contribution in [2.75, 3.05) is 18.5 Å². The van der Waals surface area contributed by atoms with Crippen LogP contribution in [0.3, 0.4) is 0 Å². The maximum Gasteiger partial charge on any atom is 0.125 e. The second-order valence-corrected chi connectivity index (χ2v) is 5.73. The van der Waals surface area contributed by atoms with E-state index in [0.717, 1.165) is 24.5 Å². The minimum Gasteiger partial charge on any atom is -0.494 e. The number of hydrogen-bond donors (Lipinski definition) is 1. The third kappa shape index (κ3) is 4.59. The number of rotatable bonds is 7. The van der Waals surface area contributed by atoms with E-state index in [-0.39, 0.29) is 0 Å². The summed E-state index contributed by atoms with van der Waals surface area (Å²) in [6, 6.07) is 22.7. The SMILES string of the molecule is Cc1ccc(-c2ccc(OCCCNc3ccccn3)cc2)cc1. The monoisotopic (exact) mass is 318 g/mol. The summed E-state index contributed by atoms with van der Waals surface area (Å²) in [6.07, 6.45) is 2.71. The standard InChI is InChI=1S/C21H22N2O/c1-17-6-8-18(9-7-17)19-10-12-20(13-11-19)24-16-4-15-23-21-5-2-3-14-22-21/h2-3,5-14H,4,15-16H2,1H3,(H,22,23). The topological polar surface area (TPSA) is 34.1 Å². The number of pyridine rings is 1. The van der Waals surface area contributed by atoms with Gasteiger partial charge in [0.15, 0.2) is 0 Å². The Kier molecular flexibility index (Phi) is 5.46. The Morgan fingerprint density at radius 3 is 2.25 bits per heavy atom. The molecule has 0 aliphatic rings. The van der Waals surface area contributed by atoms with Crippen LogP contribution in [0.15, 0.2) is 72.9 Å². The Morgan fingerprint density at radius 1 is 0.875 bits per heavy atom. The van der Waals surface area contributed by atoms with E-state index in [2.05, 4.69) is 53.6 Å². The highest BCUT2D eigenvalue weighted by molar-refractivity contribution is 5.64. The summed E-state index contributed by atoms with van der Waals surface area (Å²) in [5.41, 5.74) is 3.71. The van der Waals surface area contributed by atoms with Crippen molar-refractivity contribution in [2.24, 2.45) is 0 Å². The highest BCUT2D eigenvalue weighted by atomic mass is 16.5. The molecule has 3 rings (SSSR count). The van der Waals surface area contributed by atoms with Gasteiger partial charge in [0.05, 0.1) is 6.61 Å². The molecule has 0 atom stereocenters. The highest BCUT2D eigenvalue weighted by Crippen LogP contribution is 2.22. The molecule has 122 valence electrons. The smallest absolute Gasteiger partial charge is 0.125 e. The van der Waals surface area contributed by atoms with Crippen LogP contribution in [-0.2, 0) is 0 Å². The molecule has 2 aromatic carbocycles. The quantitative estimate of drug-likeness (QED) is 0.627. The van der Waals surface area contributed by atoms with Crippen LogP contribution in [0.2, 0.25) is 0 Å². The molecular weight excluding hydrogens is 296 g/mol. The first-order chi connectivity index (χ1) is 11.8. The van der Waals surface area contributed by atoms with Gasteiger partial charge < -0.3 is 10.1 Å². The summed E-state index contributed by atoms with van der Waals surface area (Å²) < 4.78 is 5.79. The molecule has 3 heteroatoms. The first kappa shape index (κ1) is 16.1. The van der Waals surface area contributed by atoms with Crippen LogP contribution < -0.4 is 10.1 Å². The van der Waals surface area contributed by atoms with Gasteiger partial charge in [-0.2, -0.15) is 0 Å². The first-order valence-electron chi connectivity index (χ1n) is 8.26. The number of nitrogens with one attached hydrogen (secondary N) is 1. The lowest BCUT2D eigenvalue weighted by atomic mass is 10.0. The fraction of sp³-hybridized carbons (Fsp3) is 0.190. The fourth-order valence-electron chi connectivity index (χ4n) is 2.44. The van der Waals surface area contributed by atoms with Gasteiger partial charge in [-0.3, -0.25) is 0 Å². The highest BCUT2D eigenvalue weighted by Gasteiger charge is 1.99. The third-order valence-electron chi connectivity index (χ3n) is 3.80. The van der Waals surface area contributed by atoms with E-state index in [9.17, 15) is 0 Å². The zero-order chi connectivity index (χ0) is 16.6. The molecule has 0 aliphatic carbocycles. The molecule has 3 aromatic rings. The third-order valence-corrected chi connectivity index (χ3v) is 3.80. The maximum atomic E-state index is 5.79. The Bertz CT molecular complexity index is 737. The zero-order valence-electron chi connectivity index (χ0n) is 13.9. The molecule has 0 radical (unpaired) electrons. The number of aryl methyl sites for hydroxylation is 1. The molecular formula is C21H22N2O. The zero-order valence-corrected chi connectivity index (χ0v) is 13.9. The van der Waals surface area contributed by atoms with Crippen LogP contribution in [0.5, 0.6) is 5.75 Å². The number of hydrogen-bond acceptors (Lipinski definition) is 3. The van der Waals surface area contributed by atoms with Crippen LogP contribution in [0.4, 0.5) is 5.82 Å². The van der Waals surface area contributed by atoms with E-state index in [1.165, 1.54) is 16.7 Å². The number of ether oxygens (including phenoxy) is 1. The van der Waals surface area contributed by atoms with Gasteiger partial charge >= 0.3 is 0 Å². The van der Waals surface area contributed by atoms with E-state index in [1.54, 1.807) is 6.20 Å². The van der Waals surface area contributed by atoms with E-state index in [1.807, 2.05) is 30.3 Å². The average molecular weight is 318 g/mol. The molecule has 3 nitrogen and oxygen atoms in total. The summed E-state index contributed by atoms with van der Waals surface area (Å²) in [5, 5.41) is 3.27. The van der Waals surface area contributed by atoms with E-state index < -0.39 is 0 Å². The molecule has 0 saturated carbocycles. The molecule has 1 aromatic heterocycles. The Labute approximate surface area is 143 Å². The van der Waals surface area contributed by atoms with Crippen molar-refractivity contribution < 1.29 is 4.74 Å². The van der Waals surface area contributed by atoms with Gasteiger partial charge in [0.25, 0.3) is 0 Å². The average Bonchev–Trinajstić information content (AvgIpc) is 2.64. The summed E-state index contributed by atoms with van der Waals surface area (Å²) in [7, 11) is 0. The number of aromatic nitrogens is 1. The van der Waals surface area contributed by atoms with Crippen molar-refractivity contribution in [2.45, 2.75) is 13.3 Å². The summed E-state index contributed by atoms with van der Waals surface area (Å²) in [4.78, 5) is 4.23. The van der Waals surface area contributed by atoms with Gasteiger partial charge in [-0.25, -0.2) is 4.98 Å². The Balaban J connectivity index is 1.44. The number of benzene rings is 2. The van der Waals surface area contributed by atoms with Crippen molar-refractivity contribution >= 4 is 5.82 Å². The molecule has 0 bridgehead atoms. The molecule has 1 heterocycles. The second-order valence-electron chi connectivity index (χ2n) is 5.73. The Hall–Kier alpha value is -2.81. The van der Waals surface area contributed by atoms with E-state index >= 15 is 0 Å². The maximum absolute atomic E-state index is 5.79. The van der Waals surface area contributed by atoms with Crippen molar-refractivity contribution in [1.82, 2.24) is 4.98 Å². The van der Waals surface area contributed by atoms with Crippen LogP contribution in [0.1, 0.15) is 12.0 Å². The molecule has 0 unspecified atom stereocenters. The van der Waals surface area contributed by atoms with Crippen molar-refractivity contribution in [3.05, 3.63) is 78.5 Å². The van der Waals surface area contributed by atoms with Gasteiger partial charge in [0.1, 0.15) is 11.6 Å². The van der Waals surface area contributed by atoms with Crippen molar-refractivity contribution in [3.8, 4) is 16.9 Å². The van der Waals surface area contributed by atoms with Crippen LogP contribution in [0.25, 0.3) is 11.1 Å². The molecule has 0 aliphatic heterocycles. The Morgan fingerprint density at radius 2 is 1.58 bits per heavy atom. The minimum atomic E-state index is 0.684. The normalized spacial score (nSPS) is 10.4. The van der Waals surface area contributed by atoms with E-state index in [4.69, 9.17) is 4.74 Å². The second kappa shape index (κ2) is 8.16. The van der Waals surface area contributed by atoms with E-state index in [0.29, 0.717) is 6.61 Å². The minimum absolute atomic E-state index is 0.684. The lowest BCUT2D eigenvalue weighted by molar-refractivity contribution is 0.315. The predicted molar refractivity (Wildman–Crippen MR) is 99.5 cm³/mol. The predicted octanol–water partition coefficient (Wildman–Crippen LogP) is 4.94. The van der Waals surface area contributed by atoms with Crippen LogP contribution >= 0.6 is 0 Å². The number of anilines is 1. The number of nitrogens with zero attached hydrogens (tertiary/aromatic N) is 1. The first-order valence-corrected chi connectivity index (χ1v) is 8.26. The summed E-state index contributed by atoms with van der Waals surface area (Å²) >= 11 is 0. The molecule has 0 fully saturated rings. The van der Waals surface area contributed by atoms with Crippen molar-refractivity contribution in [1.29, 1.82) is 0 Å². The summed E-state index contributed by atoms with van der Waals surface area (Å²) in [6.45, 7) is 3.63. The lowest BCUT2D eigenvalue weighted by Crippen LogP contribution is -2.08. The van der Waals surface area contributed by atoms with Gasteiger partial charge in [-0.15, -0.1) is 0 Å². The molecule has 0 spiro atoms. The van der Waals surface area contributed by atoms with Gasteiger partial charge in [-0.1, -0.05) is 48.0 Å². The van der Waals surface area contributed by atoms with Crippen LogP contribution in [-0.4, -0.2) is 18.1 Å². The largest absolute Gasteiger partial charge is 0.494 e. The lowest BCUT2D eigenvalue weighted by Gasteiger charge is -2.09.